The van der Waals surface area contributed by atoms with Crippen LogP contribution in [0.15, 0.2) is 48.7 Å². The first-order chi connectivity index (χ1) is 16.6. The van der Waals surface area contributed by atoms with Crippen molar-refractivity contribution >= 4 is 28.4 Å². The van der Waals surface area contributed by atoms with Crippen LogP contribution in [0.4, 0.5) is 21.8 Å². The molecule has 0 radical (unpaired) electrons. The number of aromatic amines is 1. The summed E-state index contributed by atoms with van der Waals surface area (Å²) in [6.45, 7) is 6.75. The Morgan fingerprint density at radius 2 is 2.03 bits per heavy atom. The molecule has 1 aliphatic heterocycles. The summed E-state index contributed by atoms with van der Waals surface area (Å²) in [5, 5.41) is 3.66. The molecule has 2 aromatic carbocycles. The summed E-state index contributed by atoms with van der Waals surface area (Å²) >= 11 is 0. The van der Waals surface area contributed by atoms with Crippen molar-refractivity contribution in [3.63, 3.8) is 0 Å². The molecule has 0 amide bonds. The Morgan fingerprint density at radius 1 is 1.18 bits per heavy atom. The van der Waals surface area contributed by atoms with Crippen molar-refractivity contribution in [2.75, 3.05) is 50.5 Å². The van der Waals surface area contributed by atoms with Gasteiger partial charge in [-0.05, 0) is 37.3 Å². The van der Waals surface area contributed by atoms with E-state index in [9.17, 15) is 0 Å². The predicted octanol–water partition coefficient (Wildman–Crippen LogP) is 4.11. The Kier molecular flexibility index (Phi) is 6.29. The van der Waals surface area contributed by atoms with Gasteiger partial charge < -0.3 is 25.5 Å². The Bertz CT molecular complexity index is 1300. The molecule has 0 bridgehead atoms. The summed E-state index contributed by atoms with van der Waals surface area (Å²) in [5.74, 6) is 0.923. The van der Waals surface area contributed by atoms with Gasteiger partial charge in [0, 0.05) is 65.3 Å². The third-order valence-corrected chi connectivity index (χ3v) is 5.85. The maximum Gasteiger partial charge on any atom is 0.229 e. The minimum atomic E-state index is -0.347. The van der Waals surface area contributed by atoms with Crippen LogP contribution in [-0.4, -0.2) is 59.3 Å². The first-order valence-corrected chi connectivity index (χ1v) is 11.3. The van der Waals surface area contributed by atoms with E-state index < -0.39 is 0 Å². The lowest BCUT2D eigenvalue weighted by Gasteiger charge is -2.26. The number of morpholine rings is 1. The van der Waals surface area contributed by atoms with E-state index in [1.54, 1.807) is 12.1 Å². The monoisotopic (exact) mass is 462 g/mol. The summed E-state index contributed by atoms with van der Waals surface area (Å²) in [6, 6.07) is 12.9. The largest absolute Gasteiger partial charge is 0.492 e. The number of H-pyrrole nitrogens is 1. The number of halogens is 1. The van der Waals surface area contributed by atoms with Crippen LogP contribution in [0.2, 0.25) is 0 Å². The maximum atomic E-state index is 15.1. The van der Waals surface area contributed by atoms with Crippen LogP contribution in [0.1, 0.15) is 5.69 Å². The summed E-state index contributed by atoms with van der Waals surface area (Å²) in [7, 11) is 0. The highest BCUT2D eigenvalue weighted by Crippen LogP contribution is 2.32. The minimum Gasteiger partial charge on any atom is -0.492 e. The number of hydrogen-bond donors (Lipinski definition) is 3. The Labute approximate surface area is 196 Å². The lowest BCUT2D eigenvalue weighted by molar-refractivity contribution is 0.0322. The molecule has 0 spiro atoms. The second-order valence-corrected chi connectivity index (χ2v) is 8.29. The van der Waals surface area contributed by atoms with E-state index >= 15 is 4.39 Å². The van der Waals surface area contributed by atoms with Crippen LogP contribution in [0.25, 0.3) is 22.0 Å². The number of aromatic nitrogens is 3. The molecule has 5 rings (SSSR count). The predicted molar refractivity (Wildman–Crippen MR) is 131 cm³/mol. The molecule has 0 unspecified atom stereocenters. The molecule has 4 N–H and O–H groups in total. The number of fused-ring (bicyclic) bond motifs is 1. The van der Waals surface area contributed by atoms with Crippen molar-refractivity contribution in [2.24, 2.45) is 0 Å². The fourth-order valence-electron chi connectivity index (χ4n) is 4.09. The zero-order valence-corrected chi connectivity index (χ0v) is 19.0. The van der Waals surface area contributed by atoms with Crippen molar-refractivity contribution in [1.82, 2.24) is 19.9 Å². The van der Waals surface area contributed by atoms with Gasteiger partial charge in [-0.25, -0.2) is 9.37 Å². The minimum absolute atomic E-state index is 0.195. The van der Waals surface area contributed by atoms with Gasteiger partial charge in [-0.2, -0.15) is 4.98 Å². The molecule has 1 saturated heterocycles. The summed E-state index contributed by atoms with van der Waals surface area (Å²) in [5.41, 5.74) is 9.40. The topological polar surface area (TPSA) is 101 Å². The fourth-order valence-corrected chi connectivity index (χ4v) is 4.09. The Hall–Kier alpha value is -3.69. The van der Waals surface area contributed by atoms with E-state index in [1.165, 1.54) is 6.20 Å². The van der Waals surface area contributed by atoms with Crippen LogP contribution in [0, 0.1) is 12.7 Å². The molecule has 0 saturated carbocycles. The number of aryl methyl sites for hydroxylation is 1. The van der Waals surface area contributed by atoms with Gasteiger partial charge in [0.25, 0.3) is 0 Å². The second-order valence-electron chi connectivity index (χ2n) is 8.29. The van der Waals surface area contributed by atoms with Crippen LogP contribution < -0.4 is 15.8 Å². The quantitative estimate of drug-likeness (QED) is 0.380. The van der Waals surface area contributed by atoms with E-state index in [2.05, 4.69) is 25.2 Å². The van der Waals surface area contributed by atoms with Gasteiger partial charge in [0.1, 0.15) is 24.0 Å². The molecule has 8 nitrogen and oxygen atoms in total. The molecular weight excluding hydrogens is 435 g/mol. The number of nitrogens with one attached hydrogen (secondary N) is 2. The standard InChI is InChI=1S/C25H27FN6O2/c1-16-13-20-22(29-16)6-5-19(23(20)26)21-15-28-25(31-24(21)27)30-17-3-2-4-18(14-17)34-12-9-32-7-10-33-11-8-32/h2-6,13-15,29H,7-12H2,1H3,(H3,27,28,30,31). The van der Waals surface area contributed by atoms with Gasteiger partial charge in [0.05, 0.1) is 13.2 Å². The SMILES string of the molecule is Cc1cc2c(F)c(-c3cnc(Nc4cccc(OCCN5CCOCC5)c4)nc3N)ccc2[nH]1. The zero-order chi connectivity index (χ0) is 23.5. The second kappa shape index (κ2) is 9.66. The van der Waals surface area contributed by atoms with Crippen LogP contribution in [0.5, 0.6) is 5.75 Å². The number of benzene rings is 2. The first kappa shape index (κ1) is 22.1. The fraction of sp³-hybridized carbons (Fsp3) is 0.280. The highest BCUT2D eigenvalue weighted by atomic mass is 19.1. The van der Waals surface area contributed by atoms with Crippen LogP contribution in [0.3, 0.4) is 0 Å². The smallest absolute Gasteiger partial charge is 0.229 e. The van der Waals surface area contributed by atoms with E-state index in [0.717, 1.165) is 55.5 Å². The zero-order valence-electron chi connectivity index (χ0n) is 19.0. The summed E-state index contributed by atoms with van der Waals surface area (Å²) in [6.07, 6.45) is 1.54. The molecule has 3 heterocycles. The number of hydrogen-bond acceptors (Lipinski definition) is 7. The van der Waals surface area contributed by atoms with Gasteiger partial charge in [-0.15, -0.1) is 0 Å². The van der Waals surface area contributed by atoms with Crippen LogP contribution in [-0.2, 0) is 4.74 Å². The van der Waals surface area contributed by atoms with Crippen molar-refractivity contribution in [3.05, 3.63) is 60.2 Å². The molecule has 2 aromatic heterocycles. The normalized spacial score (nSPS) is 14.4. The van der Waals surface area contributed by atoms with E-state index in [0.29, 0.717) is 29.1 Å². The molecule has 4 aromatic rings. The highest BCUT2D eigenvalue weighted by Gasteiger charge is 2.15. The number of anilines is 3. The van der Waals surface area contributed by atoms with Crippen molar-refractivity contribution in [1.29, 1.82) is 0 Å². The Balaban J connectivity index is 1.27. The van der Waals surface area contributed by atoms with Crippen molar-refractivity contribution < 1.29 is 13.9 Å². The Morgan fingerprint density at radius 3 is 2.85 bits per heavy atom. The van der Waals surface area contributed by atoms with E-state index in [1.807, 2.05) is 37.3 Å². The molecule has 1 aliphatic rings. The van der Waals surface area contributed by atoms with E-state index in [-0.39, 0.29) is 11.6 Å². The lowest BCUT2D eigenvalue weighted by Crippen LogP contribution is -2.38. The molecule has 9 heteroatoms. The molecular formula is C25H27FN6O2. The van der Waals surface area contributed by atoms with Gasteiger partial charge in [0.2, 0.25) is 5.95 Å². The third-order valence-electron chi connectivity index (χ3n) is 5.85. The number of nitrogens with zero attached hydrogens (tertiary/aromatic N) is 3. The molecule has 0 aliphatic carbocycles. The molecule has 1 fully saturated rings. The molecule has 0 atom stereocenters. The van der Waals surface area contributed by atoms with Crippen molar-refractivity contribution in [3.8, 4) is 16.9 Å². The van der Waals surface area contributed by atoms with Gasteiger partial charge in [-0.3, -0.25) is 4.90 Å². The highest BCUT2D eigenvalue weighted by molar-refractivity contribution is 5.88. The van der Waals surface area contributed by atoms with E-state index in [4.69, 9.17) is 15.2 Å². The summed E-state index contributed by atoms with van der Waals surface area (Å²) < 4.78 is 26.4. The third kappa shape index (κ3) is 4.80. The maximum absolute atomic E-state index is 15.1. The number of nitrogens with two attached hydrogens (primary N) is 1. The number of nitrogen functional groups attached to an aromatic ring is 1. The molecule has 34 heavy (non-hydrogen) atoms. The van der Waals surface area contributed by atoms with Gasteiger partial charge in [-0.1, -0.05) is 6.07 Å². The van der Waals surface area contributed by atoms with Gasteiger partial charge >= 0.3 is 0 Å². The summed E-state index contributed by atoms with van der Waals surface area (Å²) in [4.78, 5) is 14.2. The lowest BCUT2D eigenvalue weighted by atomic mass is 10.1. The van der Waals surface area contributed by atoms with Crippen LogP contribution >= 0.6 is 0 Å². The first-order valence-electron chi connectivity index (χ1n) is 11.3. The number of rotatable bonds is 7. The van der Waals surface area contributed by atoms with Gasteiger partial charge in [0.15, 0.2) is 0 Å². The average molecular weight is 463 g/mol. The average Bonchev–Trinajstić information content (AvgIpc) is 3.22. The number of ether oxygens (including phenoxy) is 2. The van der Waals surface area contributed by atoms with Crippen molar-refractivity contribution in [2.45, 2.75) is 6.92 Å². The molecule has 176 valence electrons.